The molecular formula is C15H24N4O. The van der Waals surface area contributed by atoms with E-state index in [2.05, 4.69) is 35.2 Å². The molecule has 1 aromatic rings. The maximum absolute atomic E-state index is 12.0. The Morgan fingerprint density at radius 2 is 2.10 bits per heavy atom. The van der Waals surface area contributed by atoms with E-state index < -0.39 is 0 Å². The van der Waals surface area contributed by atoms with Crippen LogP contribution >= 0.6 is 0 Å². The van der Waals surface area contributed by atoms with Crippen LogP contribution in [-0.4, -0.2) is 36.6 Å². The lowest BCUT2D eigenvalue weighted by molar-refractivity contribution is -0.122. The number of rotatable bonds is 6. The summed E-state index contributed by atoms with van der Waals surface area (Å²) in [5, 5.41) is 3.01. The minimum absolute atomic E-state index is 0.0394. The van der Waals surface area contributed by atoms with Crippen molar-refractivity contribution in [3.05, 3.63) is 35.9 Å². The molecule has 1 saturated heterocycles. The first-order valence-corrected chi connectivity index (χ1v) is 7.20. The van der Waals surface area contributed by atoms with E-state index in [4.69, 9.17) is 0 Å². The van der Waals surface area contributed by atoms with Crippen molar-refractivity contribution in [2.45, 2.75) is 38.5 Å². The fourth-order valence-corrected chi connectivity index (χ4v) is 2.42. The van der Waals surface area contributed by atoms with E-state index in [0.29, 0.717) is 12.6 Å². The normalized spacial score (nSPS) is 22.1. The highest BCUT2D eigenvalue weighted by molar-refractivity contribution is 5.78. The summed E-state index contributed by atoms with van der Waals surface area (Å²) in [4.78, 5) is 14.0. The number of nitrogens with one attached hydrogen (secondary N) is 3. The van der Waals surface area contributed by atoms with Crippen LogP contribution in [0.15, 0.2) is 30.3 Å². The van der Waals surface area contributed by atoms with Crippen molar-refractivity contribution in [2.75, 3.05) is 13.6 Å². The Kier molecular flexibility index (Phi) is 5.52. The van der Waals surface area contributed by atoms with E-state index in [1.165, 1.54) is 5.56 Å². The smallest absolute Gasteiger partial charge is 0.235 e. The van der Waals surface area contributed by atoms with Crippen LogP contribution in [0.1, 0.15) is 25.3 Å². The number of carbonyl (C=O) groups is 1. The van der Waals surface area contributed by atoms with Crippen molar-refractivity contribution >= 4 is 5.91 Å². The van der Waals surface area contributed by atoms with Gasteiger partial charge < -0.3 is 5.32 Å². The molecule has 110 valence electrons. The minimum atomic E-state index is 0.0394. The van der Waals surface area contributed by atoms with E-state index >= 15 is 0 Å². The van der Waals surface area contributed by atoms with Gasteiger partial charge in [0, 0.05) is 12.6 Å². The molecule has 0 radical (unpaired) electrons. The molecular weight excluding hydrogens is 252 g/mol. The number of likely N-dealkylation sites (N-methyl/N-ethyl adjacent to an activating group) is 1. The van der Waals surface area contributed by atoms with Crippen molar-refractivity contribution in [3.8, 4) is 0 Å². The second kappa shape index (κ2) is 7.38. The summed E-state index contributed by atoms with van der Waals surface area (Å²) in [5.41, 5.74) is 7.50. The summed E-state index contributed by atoms with van der Waals surface area (Å²) in [5.74, 6) is 0.0551. The molecule has 1 aromatic carbocycles. The third-order valence-electron chi connectivity index (χ3n) is 3.52. The molecule has 0 bridgehead atoms. The maximum Gasteiger partial charge on any atom is 0.235 e. The molecule has 0 aromatic heterocycles. The summed E-state index contributed by atoms with van der Waals surface area (Å²) in [6.45, 7) is 3.32. The average molecular weight is 276 g/mol. The molecule has 0 aliphatic carbocycles. The Hall–Kier alpha value is -1.43. The van der Waals surface area contributed by atoms with Crippen LogP contribution in [0.4, 0.5) is 0 Å². The van der Waals surface area contributed by atoms with Gasteiger partial charge in [0.15, 0.2) is 0 Å². The van der Waals surface area contributed by atoms with Crippen LogP contribution in [0.2, 0.25) is 0 Å². The number of amides is 1. The third kappa shape index (κ3) is 4.59. The molecule has 1 amide bonds. The molecule has 1 aliphatic rings. The van der Waals surface area contributed by atoms with Gasteiger partial charge in [-0.05, 0) is 25.5 Å². The van der Waals surface area contributed by atoms with E-state index in [1.54, 1.807) is 0 Å². The zero-order chi connectivity index (χ0) is 14.4. The Balaban J connectivity index is 1.71. The van der Waals surface area contributed by atoms with E-state index in [0.717, 1.165) is 19.4 Å². The molecule has 1 fully saturated rings. The van der Waals surface area contributed by atoms with Gasteiger partial charge in [-0.2, -0.15) is 0 Å². The van der Waals surface area contributed by atoms with Gasteiger partial charge in [0.25, 0.3) is 0 Å². The van der Waals surface area contributed by atoms with Crippen molar-refractivity contribution in [3.63, 3.8) is 0 Å². The number of hydrogen-bond acceptors (Lipinski definition) is 4. The average Bonchev–Trinajstić information content (AvgIpc) is 2.87. The molecule has 1 heterocycles. The topological polar surface area (TPSA) is 56.4 Å². The second-order valence-corrected chi connectivity index (χ2v) is 5.41. The summed E-state index contributed by atoms with van der Waals surface area (Å²) >= 11 is 0. The second-order valence-electron chi connectivity index (χ2n) is 5.41. The lowest BCUT2D eigenvalue weighted by Crippen LogP contribution is -2.47. The molecule has 5 nitrogen and oxygen atoms in total. The number of benzene rings is 1. The van der Waals surface area contributed by atoms with Gasteiger partial charge in [-0.3, -0.25) is 15.1 Å². The van der Waals surface area contributed by atoms with Gasteiger partial charge in [0.2, 0.25) is 5.91 Å². The Bertz CT molecular complexity index is 423. The van der Waals surface area contributed by atoms with Crippen LogP contribution in [0.3, 0.4) is 0 Å². The number of hydrogen-bond donors (Lipinski definition) is 3. The lowest BCUT2D eigenvalue weighted by Gasteiger charge is -2.18. The van der Waals surface area contributed by atoms with Gasteiger partial charge in [-0.1, -0.05) is 37.3 Å². The number of nitrogens with zero attached hydrogens (tertiary/aromatic N) is 1. The van der Waals surface area contributed by atoms with Gasteiger partial charge in [-0.15, -0.1) is 0 Å². The maximum atomic E-state index is 12.0. The molecule has 2 rings (SSSR count). The molecule has 1 aliphatic heterocycles. The summed E-state index contributed by atoms with van der Waals surface area (Å²) in [6, 6.07) is 10.6. The van der Waals surface area contributed by atoms with E-state index in [-0.39, 0.29) is 12.1 Å². The molecule has 0 spiro atoms. The molecule has 5 heteroatoms. The monoisotopic (exact) mass is 276 g/mol. The summed E-state index contributed by atoms with van der Waals surface area (Å²) < 4.78 is 0. The number of hydrazine groups is 1. The van der Waals surface area contributed by atoms with Crippen molar-refractivity contribution in [2.24, 2.45) is 0 Å². The Morgan fingerprint density at radius 3 is 2.75 bits per heavy atom. The first kappa shape index (κ1) is 15.0. The number of carbonyl (C=O) groups excluding carboxylic acids is 1. The first-order valence-electron chi connectivity index (χ1n) is 7.20. The third-order valence-corrected chi connectivity index (χ3v) is 3.52. The van der Waals surface area contributed by atoms with Crippen molar-refractivity contribution < 1.29 is 4.79 Å². The van der Waals surface area contributed by atoms with Crippen LogP contribution in [-0.2, 0) is 11.3 Å². The zero-order valence-corrected chi connectivity index (χ0v) is 12.2. The summed E-state index contributed by atoms with van der Waals surface area (Å²) in [7, 11) is 1.96. The predicted molar refractivity (Wildman–Crippen MR) is 79.7 cm³/mol. The van der Waals surface area contributed by atoms with E-state index in [9.17, 15) is 4.79 Å². The van der Waals surface area contributed by atoms with Gasteiger partial charge in [0.1, 0.15) is 0 Å². The first-order chi connectivity index (χ1) is 9.67. The van der Waals surface area contributed by atoms with Gasteiger partial charge >= 0.3 is 0 Å². The largest absolute Gasteiger partial charge is 0.338 e. The van der Waals surface area contributed by atoms with Crippen molar-refractivity contribution in [1.82, 2.24) is 21.1 Å². The molecule has 20 heavy (non-hydrogen) atoms. The Labute approximate surface area is 120 Å². The fourth-order valence-electron chi connectivity index (χ4n) is 2.42. The van der Waals surface area contributed by atoms with Crippen molar-refractivity contribution in [1.29, 1.82) is 0 Å². The van der Waals surface area contributed by atoms with E-state index in [1.807, 2.05) is 30.1 Å². The minimum Gasteiger partial charge on any atom is -0.338 e. The Morgan fingerprint density at radius 1 is 1.35 bits per heavy atom. The van der Waals surface area contributed by atoms with Gasteiger partial charge in [0.05, 0.1) is 12.7 Å². The van der Waals surface area contributed by atoms with Crippen LogP contribution in [0, 0.1) is 0 Å². The van der Waals surface area contributed by atoms with Crippen LogP contribution in [0.5, 0.6) is 0 Å². The predicted octanol–water partition coefficient (Wildman–Crippen LogP) is 0.837. The zero-order valence-electron chi connectivity index (χ0n) is 12.2. The quantitative estimate of drug-likeness (QED) is 0.720. The summed E-state index contributed by atoms with van der Waals surface area (Å²) in [6.07, 6.45) is 2.04. The molecule has 0 saturated carbocycles. The highest BCUT2D eigenvalue weighted by Crippen LogP contribution is 2.06. The van der Waals surface area contributed by atoms with Gasteiger partial charge in [-0.25, -0.2) is 5.43 Å². The standard InChI is InChI=1S/C15H24N4O/c1-3-13-9-14(18-17-13)16-15(20)11-19(2)10-12-7-5-4-6-8-12/h4-8,13-14,17-18H,3,9-11H2,1-2H3,(H,16,20). The lowest BCUT2D eigenvalue weighted by atomic mass is 10.1. The molecule has 3 N–H and O–H groups in total. The van der Waals surface area contributed by atoms with Crippen LogP contribution in [0.25, 0.3) is 0 Å². The molecule has 2 unspecified atom stereocenters. The SMILES string of the molecule is CCC1CC(NC(=O)CN(C)Cc2ccccc2)NN1. The highest BCUT2D eigenvalue weighted by atomic mass is 16.2. The molecule has 2 atom stereocenters. The fraction of sp³-hybridized carbons (Fsp3) is 0.533. The van der Waals surface area contributed by atoms with Crippen LogP contribution < -0.4 is 16.2 Å². The highest BCUT2D eigenvalue weighted by Gasteiger charge is 2.23.